The zero-order chi connectivity index (χ0) is 14.4. The highest BCUT2D eigenvalue weighted by molar-refractivity contribution is 5.72. The van der Waals surface area contributed by atoms with Crippen molar-refractivity contribution in [2.24, 2.45) is 0 Å². The summed E-state index contributed by atoms with van der Waals surface area (Å²) >= 11 is 0. The summed E-state index contributed by atoms with van der Waals surface area (Å²) in [5, 5.41) is 0. The van der Waals surface area contributed by atoms with Crippen LogP contribution in [0.2, 0.25) is 0 Å². The van der Waals surface area contributed by atoms with E-state index in [0.717, 1.165) is 16.9 Å². The van der Waals surface area contributed by atoms with Gasteiger partial charge in [0, 0.05) is 5.69 Å². The molecule has 0 heterocycles. The van der Waals surface area contributed by atoms with Crippen LogP contribution in [-0.4, -0.2) is 13.1 Å². The first kappa shape index (κ1) is 13.9. The second-order valence-corrected chi connectivity index (χ2v) is 4.43. The zero-order valence-electron chi connectivity index (χ0n) is 11.3. The molecule has 20 heavy (non-hydrogen) atoms. The van der Waals surface area contributed by atoms with E-state index in [0.29, 0.717) is 5.69 Å². The van der Waals surface area contributed by atoms with Crippen molar-refractivity contribution >= 4 is 11.7 Å². The summed E-state index contributed by atoms with van der Waals surface area (Å²) < 4.78 is 10.3. The molecule has 4 nitrogen and oxygen atoms in total. The van der Waals surface area contributed by atoms with Gasteiger partial charge in [0.2, 0.25) is 0 Å². The second-order valence-electron chi connectivity index (χ2n) is 4.43. The van der Waals surface area contributed by atoms with Crippen molar-refractivity contribution < 1.29 is 14.3 Å². The van der Waals surface area contributed by atoms with E-state index in [1.807, 2.05) is 36.4 Å². The first-order valence-electron chi connectivity index (χ1n) is 6.30. The van der Waals surface area contributed by atoms with Crippen molar-refractivity contribution in [2.45, 2.75) is 13.0 Å². The Hall–Kier alpha value is -2.49. The fourth-order valence-corrected chi connectivity index (χ4v) is 1.74. The predicted octanol–water partition coefficient (Wildman–Crippen LogP) is 2.56. The van der Waals surface area contributed by atoms with Crippen molar-refractivity contribution in [1.82, 2.24) is 0 Å². The van der Waals surface area contributed by atoms with Gasteiger partial charge in [-0.15, -0.1) is 0 Å². The molecule has 0 aromatic heterocycles. The van der Waals surface area contributed by atoms with Crippen LogP contribution in [0.4, 0.5) is 5.69 Å². The van der Waals surface area contributed by atoms with Gasteiger partial charge >= 0.3 is 5.97 Å². The molecule has 0 saturated heterocycles. The Kier molecular flexibility index (Phi) is 4.60. The van der Waals surface area contributed by atoms with Gasteiger partial charge in [0.1, 0.15) is 12.4 Å². The number of hydrogen-bond donors (Lipinski definition) is 1. The molecule has 0 atom stereocenters. The molecule has 4 heteroatoms. The number of esters is 1. The van der Waals surface area contributed by atoms with Crippen LogP contribution in [-0.2, 0) is 22.6 Å². The lowest BCUT2D eigenvalue weighted by Crippen LogP contribution is -2.08. The monoisotopic (exact) mass is 271 g/mol. The van der Waals surface area contributed by atoms with Crippen molar-refractivity contribution in [1.29, 1.82) is 0 Å². The number of nitrogen functional groups attached to an aromatic ring is 1. The molecular formula is C16H17NO3. The van der Waals surface area contributed by atoms with Crippen LogP contribution in [0.25, 0.3) is 0 Å². The average molecular weight is 271 g/mol. The van der Waals surface area contributed by atoms with E-state index in [9.17, 15) is 4.79 Å². The van der Waals surface area contributed by atoms with Gasteiger partial charge in [0.05, 0.1) is 13.5 Å². The first-order chi connectivity index (χ1) is 9.67. The van der Waals surface area contributed by atoms with Gasteiger partial charge in [-0.2, -0.15) is 0 Å². The topological polar surface area (TPSA) is 61.5 Å². The molecule has 2 rings (SSSR count). The molecule has 0 aliphatic rings. The van der Waals surface area contributed by atoms with Crippen LogP contribution in [0.15, 0.2) is 48.5 Å². The van der Waals surface area contributed by atoms with Crippen LogP contribution >= 0.6 is 0 Å². The van der Waals surface area contributed by atoms with E-state index in [1.165, 1.54) is 0 Å². The maximum Gasteiger partial charge on any atom is 0.310 e. The molecular weight excluding hydrogens is 254 g/mol. The minimum Gasteiger partial charge on any atom is -0.497 e. The maximum absolute atomic E-state index is 11.7. The van der Waals surface area contributed by atoms with Crippen LogP contribution < -0.4 is 10.5 Å². The number of methoxy groups -OCH3 is 1. The third-order valence-electron chi connectivity index (χ3n) is 2.89. The molecule has 0 bridgehead atoms. The van der Waals surface area contributed by atoms with E-state index < -0.39 is 0 Å². The highest BCUT2D eigenvalue weighted by atomic mass is 16.5. The number of ether oxygens (including phenoxy) is 2. The lowest BCUT2D eigenvalue weighted by Gasteiger charge is -2.06. The smallest absolute Gasteiger partial charge is 0.310 e. The third-order valence-corrected chi connectivity index (χ3v) is 2.89. The molecule has 104 valence electrons. The van der Waals surface area contributed by atoms with Crippen LogP contribution in [0.1, 0.15) is 11.1 Å². The van der Waals surface area contributed by atoms with Gasteiger partial charge in [-0.1, -0.05) is 24.3 Å². The minimum atomic E-state index is -0.259. The summed E-state index contributed by atoms with van der Waals surface area (Å²) in [5.74, 6) is 0.521. The summed E-state index contributed by atoms with van der Waals surface area (Å²) in [6.45, 7) is 0.262. The van der Waals surface area contributed by atoms with Crippen LogP contribution in [0.5, 0.6) is 5.75 Å². The van der Waals surface area contributed by atoms with Gasteiger partial charge in [-0.05, 0) is 35.4 Å². The van der Waals surface area contributed by atoms with Crippen LogP contribution in [0.3, 0.4) is 0 Å². The number of carbonyl (C=O) groups is 1. The zero-order valence-corrected chi connectivity index (χ0v) is 11.3. The molecule has 0 saturated carbocycles. The molecule has 2 N–H and O–H groups in total. The van der Waals surface area contributed by atoms with Gasteiger partial charge in [0.25, 0.3) is 0 Å². The Labute approximate surface area is 118 Å². The molecule has 0 spiro atoms. The van der Waals surface area contributed by atoms with Gasteiger partial charge in [-0.25, -0.2) is 0 Å². The molecule has 0 aliphatic carbocycles. The van der Waals surface area contributed by atoms with Crippen molar-refractivity contribution in [3.05, 3.63) is 59.7 Å². The molecule has 0 aliphatic heterocycles. The molecule has 0 amide bonds. The normalized spacial score (nSPS) is 10.1. The van der Waals surface area contributed by atoms with Crippen molar-refractivity contribution in [3.63, 3.8) is 0 Å². The molecule has 0 radical (unpaired) electrons. The maximum atomic E-state index is 11.7. The van der Waals surface area contributed by atoms with Crippen molar-refractivity contribution in [2.75, 3.05) is 12.8 Å². The lowest BCUT2D eigenvalue weighted by atomic mass is 10.1. The van der Waals surface area contributed by atoms with E-state index in [2.05, 4.69) is 0 Å². The van der Waals surface area contributed by atoms with E-state index >= 15 is 0 Å². The Morgan fingerprint density at radius 3 is 2.20 bits per heavy atom. The summed E-state index contributed by atoms with van der Waals surface area (Å²) in [5.41, 5.74) is 8.09. The SMILES string of the molecule is COc1ccc(COC(=O)Cc2ccc(N)cc2)cc1. The Balaban J connectivity index is 1.83. The largest absolute Gasteiger partial charge is 0.497 e. The number of carbonyl (C=O) groups excluding carboxylic acids is 1. The standard InChI is InChI=1S/C16H17NO3/c1-19-15-8-4-13(5-9-15)11-20-16(18)10-12-2-6-14(17)7-3-12/h2-9H,10-11,17H2,1H3. The summed E-state index contributed by atoms with van der Waals surface area (Å²) in [7, 11) is 1.61. The highest BCUT2D eigenvalue weighted by Gasteiger charge is 2.05. The van der Waals surface area contributed by atoms with Gasteiger partial charge in [0.15, 0.2) is 0 Å². The molecule has 0 fully saturated rings. The molecule has 0 unspecified atom stereocenters. The second kappa shape index (κ2) is 6.61. The summed E-state index contributed by atoms with van der Waals surface area (Å²) in [6.07, 6.45) is 0.246. The average Bonchev–Trinajstić information content (AvgIpc) is 2.48. The summed E-state index contributed by atoms with van der Waals surface area (Å²) in [4.78, 5) is 11.7. The fourth-order valence-electron chi connectivity index (χ4n) is 1.74. The number of benzene rings is 2. The quantitative estimate of drug-likeness (QED) is 0.670. The Morgan fingerprint density at radius 2 is 1.60 bits per heavy atom. The lowest BCUT2D eigenvalue weighted by molar-refractivity contribution is -0.144. The number of rotatable bonds is 5. The van der Waals surface area contributed by atoms with E-state index in [4.69, 9.17) is 15.2 Å². The predicted molar refractivity (Wildman–Crippen MR) is 77.3 cm³/mol. The van der Waals surface area contributed by atoms with E-state index in [-0.39, 0.29) is 19.0 Å². The Morgan fingerprint density at radius 1 is 1.00 bits per heavy atom. The number of anilines is 1. The Bertz CT molecular complexity index is 561. The summed E-state index contributed by atoms with van der Waals surface area (Å²) in [6, 6.07) is 14.6. The van der Waals surface area contributed by atoms with Gasteiger partial charge < -0.3 is 15.2 Å². The van der Waals surface area contributed by atoms with Crippen molar-refractivity contribution in [3.8, 4) is 5.75 Å². The van der Waals surface area contributed by atoms with E-state index in [1.54, 1.807) is 19.2 Å². The van der Waals surface area contributed by atoms with Gasteiger partial charge in [-0.3, -0.25) is 4.79 Å². The molecule has 2 aromatic carbocycles. The third kappa shape index (κ3) is 4.02. The highest BCUT2D eigenvalue weighted by Crippen LogP contribution is 2.12. The molecule has 2 aromatic rings. The fraction of sp³-hybridized carbons (Fsp3) is 0.188. The number of hydrogen-bond acceptors (Lipinski definition) is 4. The van der Waals surface area contributed by atoms with Crippen LogP contribution in [0, 0.1) is 0 Å². The first-order valence-corrected chi connectivity index (χ1v) is 6.30. The minimum absolute atomic E-state index is 0.246. The number of nitrogens with two attached hydrogens (primary N) is 1.